The van der Waals surface area contributed by atoms with Crippen molar-refractivity contribution in [1.82, 2.24) is 4.98 Å². The Bertz CT molecular complexity index is 753. The molecule has 0 aliphatic carbocycles. The fourth-order valence-corrected chi connectivity index (χ4v) is 2.34. The van der Waals surface area contributed by atoms with Crippen molar-refractivity contribution >= 4 is 16.5 Å². The van der Waals surface area contributed by atoms with Gasteiger partial charge in [0.1, 0.15) is 5.75 Å². The van der Waals surface area contributed by atoms with Gasteiger partial charge in [0.25, 0.3) is 0 Å². The minimum Gasteiger partial charge on any atom is -0.508 e. The van der Waals surface area contributed by atoms with Crippen molar-refractivity contribution in [2.45, 2.75) is 13.5 Å². The van der Waals surface area contributed by atoms with Gasteiger partial charge in [0.05, 0.1) is 11.9 Å². The molecule has 3 nitrogen and oxygen atoms in total. The number of phenols is 1. The molecule has 0 saturated heterocycles. The maximum atomic E-state index is 10.1. The standard InChI is InChI=1S/C17H16N2O/c1-12-8-9-18-11-16(12)19-10-15-14-5-3-2-4-13(14)6-7-17(15)20/h2-9,11,19-20H,10H2,1H3. The molecule has 0 unspecified atom stereocenters. The lowest BCUT2D eigenvalue weighted by Gasteiger charge is -2.12. The Hall–Kier alpha value is -2.55. The van der Waals surface area contributed by atoms with Gasteiger partial charge in [-0.3, -0.25) is 4.98 Å². The first-order valence-electron chi connectivity index (χ1n) is 6.60. The first kappa shape index (κ1) is 12.5. The van der Waals surface area contributed by atoms with E-state index in [1.807, 2.05) is 43.3 Å². The van der Waals surface area contributed by atoms with Gasteiger partial charge in [0.15, 0.2) is 0 Å². The van der Waals surface area contributed by atoms with Crippen LogP contribution in [-0.2, 0) is 6.54 Å². The molecular formula is C17H16N2O. The van der Waals surface area contributed by atoms with Crippen LogP contribution in [0.4, 0.5) is 5.69 Å². The molecule has 0 bridgehead atoms. The van der Waals surface area contributed by atoms with E-state index in [1.165, 1.54) is 0 Å². The first-order valence-corrected chi connectivity index (χ1v) is 6.60. The lowest BCUT2D eigenvalue weighted by molar-refractivity contribution is 0.470. The highest BCUT2D eigenvalue weighted by atomic mass is 16.3. The normalized spacial score (nSPS) is 10.7. The maximum Gasteiger partial charge on any atom is 0.121 e. The highest BCUT2D eigenvalue weighted by Crippen LogP contribution is 2.28. The molecule has 0 amide bonds. The third-order valence-corrected chi connectivity index (χ3v) is 3.51. The van der Waals surface area contributed by atoms with E-state index in [0.29, 0.717) is 12.3 Å². The third-order valence-electron chi connectivity index (χ3n) is 3.51. The van der Waals surface area contributed by atoms with E-state index in [-0.39, 0.29) is 0 Å². The molecule has 0 aliphatic rings. The van der Waals surface area contributed by atoms with Gasteiger partial charge < -0.3 is 10.4 Å². The predicted octanol–water partition coefficient (Wildman–Crippen LogP) is 3.86. The molecule has 100 valence electrons. The fourth-order valence-electron chi connectivity index (χ4n) is 2.34. The van der Waals surface area contributed by atoms with Gasteiger partial charge in [-0.1, -0.05) is 30.3 Å². The van der Waals surface area contributed by atoms with Crippen LogP contribution in [0, 0.1) is 6.92 Å². The molecule has 3 rings (SSSR count). The Morgan fingerprint density at radius 3 is 2.80 bits per heavy atom. The van der Waals surface area contributed by atoms with Crippen molar-refractivity contribution < 1.29 is 5.11 Å². The number of hydrogen-bond donors (Lipinski definition) is 2. The molecule has 0 aliphatic heterocycles. The Kier molecular flexibility index (Phi) is 3.25. The summed E-state index contributed by atoms with van der Waals surface area (Å²) in [4.78, 5) is 4.12. The third kappa shape index (κ3) is 2.30. The lowest BCUT2D eigenvalue weighted by atomic mass is 10.0. The molecule has 1 heterocycles. The summed E-state index contributed by atoms with van der Waals surface area (Å²) in [6.45, 7) is 2.60. The second-order valence-electron chi connectivity index (χ2n) is 4.83. The number of nitrogens with zero attached hydrogens (tertiary/aromatic N) is 1. The van der Waals surface area contributed by atoms with Gasteiger partial charge in [-0.05, 0) is 35.4 Å². The second kappa shape index (κ2) is 5.21. The number of hydrogen-bond acceptors (Lipinski definition) is 3. The average molecular weight is 264 g/mol. The number of rotatable bonds is 3. The quantitative estimate of drug-likeness (QED) is 0.755. The molecule has 0 fully saturated rings. The van der Waals surface area contributed by atoms with Gasteiger partial charge in [-0.15, -0.1) is 0 Å². The van der Waals surface area contributed by atoms with Gasteiger partial charge >= 0.3 is 0 Å². The molecule has 0 atom stereocenters. The number of pyridine rings is 1. The molecule has 1 aromatic heterocycles. The van der Waals surface area contributed by atoms with Crippen molar-refractivity contribution in [3.63, 3.8) is 0 Å². The van der Waals surface area contributed by atoms with Crippen LogP contribution in [0.1, 0.15) is 11.1 Å². The smallest absolute Gasteiger partial charge is 0.121 e. The molecule has 0 spiro atoms. The zero-order valence-corrected chi connectivity index (χ0v) is 11.3. The van der Waals surface area contributed by atoms with E-state index in [2.05, 4.69) is 10.3 Å². The number of aromatic hydroxyl groups is 1. The van der Waals surface area contributed by atoms with Crippen LogP contribution in [0.5, 0.6) is 5.75 Å². The number of anilines is 1. The van der Waals surface area contributed by atoms with Crippen LogP contribution in [-0.4, -0.2) is 10.1 Å². The second-order valence-corrected chi connectivity index (χ2v) is 4.83. The number of aryl methyl sites for hydroxylation is 1. The lowest BCUT2D eigenvalue weighted by Crippen LogP contribution is -2.02. The summed E-state index contributed by atoms with van der Waals surface area (Å²) in [5.41, 5.74) is 3.03. The topological polar surface area (TPSA) is 45.2 Å². The molecule has 3 heteroatoms. The Balaban J connectivity index is 1.95. The van der Waals surface area contributed by atoms with Crippen LogP contribution in [0.25, 0.3) is 10.8 Å². The predicted molar refractivity (Wildman–Crippen MR) is 81.9 cm³/mol. The summed E-state index contributed by atoms with van der Waals surface area (Å²) in [5, 5.41) is 15.6. The highest BCUT2D eigenvalue weighted by Gasteiger charge is 2.07. The molecule has 2 aromatic carbocycles. The Morgan fingerprint density at radius 1 is 1.10 bits per heavy atom. The van der Waals surface area contributed by atoms with E-state index in [0.717, 1.165) is 27.6 Å². The number of nitrogens with one attached hydrogen (secondary N) is 1. The summed E-state index contributed by atoms with van der Waals surface area (Å²) in [6.07, 6.45) is 3.58. The monoisotopic (exact) mass is 264 g/mol. The number of benzene rings is 2. The van der Waals surface area contributed by atoms with Crippen molar-refractivity contribution in [3.05, 3.63) is 66.0 Å². The summed E-state index contributed by atoms with van der Waals surface area (Å²) >= 11 is 0. The van der Waals surface area contributed by atoms with E-state index in [1.54, 1.807) is 18.5 Å². The summed E-state index contributed by atoms with van der Waals surface area (Å²) < 4.78 is 0. The largest absolute Gasteiger partial charge is 0.508 e. The number of phenolic OH excluding ortho intramolecular Hbond substituents is 1. The summed E-state index contributed by atoms with van der Waals surface area (Å²) in [6, 6.07) is 13.7. The van der Waals surface area contributed by atoms with Crippen molar-refractivity contribution in [2.75, 3.05) is 5.32 Å². The summed E-state index contributed by atoms with van der Waals surface area (Å²) in [5.74, 6) is 0.317. The van der Waals surface area contributed by atoms with E-state index < -0.39 is 0 Å². The van der Waals surface area contributed by atoms with E-state index >= 15 is 0 Å². The fraction of sp³-hybridized carbons (Fsp3) is 0.118. The van der Waals surface area contributed by atoms with E-state index in [4.69, 9.17) is 0 Å². The highest BCUT2D eigenvalue weighted by molar-refractivity contribution is 5.87. The molecule has 3 aromatic rings. The molecular weight excluding hydrogens is 248 g/mol. The van der Waals surface area contributed by atoms with Gasteiger partial charge in [0.2, 0.25) is 0 Å². The maximum absolute atomic E-state index is 10.1. The van der Waals surface area contributed by atoms with Crippen molar-refractivity contribution in [1.29, 1.82) is 0 Å². The minimum atomic E-state index is 0.317. The molecule has 0 saturated carbocycles. The minimum absolute atomic E-state index is 0.317. The number of aromatic nitrogens is 1. The first-order chi connectivity index (χ1) is 9.75. The zero-order valence-electron chi connectivity index (χ0n) is 11.3. The summed E-state index contributed by atoms with van der Waals surface area (Å²) in [7, 11) is 0. The van der Waals surface area contributed by atoms with Crippen molar-refractivity contribution in [3.8, 4) is 5.75 Å². The van der Waals surface area contributed by atoms with Crippen LogP contribution < -0.4 is 5.32 Å². The Morgan fingerprint density at radius 2 is 1.95 bits per heavy atom. The average Bonchev–Trinajstić information content (AvgIpc) is 2.48. The molecule has 2 N–H and O–H groups in total. The van der Waals surface area contributed by atoms with Crippen LogP contribution in [0.15, 0.2) is 54.9 Å². The van der Waals surface area contributed by atoms with Crippen LogP contribution in [0.3, 0.4) is 0 Å². The SMILES string of the molecule is Cc1ccncc1NCc1c(O)ccc2ccccc12. The van der Waals surface area contributed by atoms with Gasteiger partial charge in [-0.2, -0.15) is 0 Å². The van der Waals surface area contributed by atoms with Crippen molar-refractivity contribution in [2.24, 2.45) is 0 Å². The van der Waals surface area contributed by atoms with E-state index in [9.17, 15) is 5.11 Å². The van der Waals surface area contributed by atoms with Crippen LogP contribution >= 0.6 is 0 Å². The molecule has 20 heavy (non-hydrogen) atoms. The Labute approximate surface area is 117 Å². The van der Waals surface area contributed by atoms with Crippen LogP contribution in [0.2, 0.25) is 0 Å². The number of fused-ring (bicyclic) bond motifs is 1. The molecule has 0 radical (unpaired) electrons. The van der Waals surface area contributed by atoms with Gasteiger partial charge in [-0.25, -0.2) is 0 Å². The van der Waals surface area contributed by atoms with Gasteiger partial charge in [0, 0.05) is 18.3 Å². The zero-order chi connectivity index (χ0) is 13.9.